The molecular weight excluding hydrogens is 1420 g/mol. The first-order valence-corrected chi connectivity index (χ1v) is 26.9. The number of aliphatic imine (C=N–C) groups is 4. The van der Waals surface area contributed by atoms with Crippen LogP contribution in [0.4, 0.5) is 31.9 Å². The first-order valence-electron chi connectivity index (χ1n) is 20.9. The molecule has 0 saturated heterocycles. The summed E-state index contributed by atoms with van der Waals surface area (Å²) in [6, 6.07) is 11.0. The number of benzene rings is 2. The van der Waals surface area contributed by atoms with E-state index in [-0.39, 0.29) is 117 Å². The van der Waals surface area contributed by atoms with Crippen molar-refractivity contribution in [2.75, 3.05) is 75.4 Å². The number of carboxylic acids is 2. The van der Waals surface area contributed by atoms with E-state index in [4.69, 9.17) is 70.4 Å². The number of rotatable bonds is 18. The molecule has 0 atom stereocenters. The topological polar surface area (TPSA) is 627 Å². The second-order valence-corrected chi connectivity index (χ2v) is 18.6. The van der Waals surface area contributed by atoms with Crippen LogP contribution in [0.1, 0.15) is 33.6 Å². The maximum Gasteiger partial charge on any atom is 2.00 e. The molecule has 0 unspecified atom stereocenters. The standard InChI is InChI=1S/2C14H19N3O5.2C6H6N4S2.2ClHO4.4Cu/c2*18-9-8-15-6-3-7-16-12(19)13(20)17-11-5-2-1-4-10(11)14(21)22;2*7-5-9-3(1-11-5)4-2-12-6(8)10-4;2*2-1(3,4)5;;;;/h2*1-2,4-5,15,18H,3,6-9H2,(H,16,19)(H,17,20)(H,21,22);2*1-2H,(H2,7,9)(H2,8,10);2*(H,2,3,4,5);;;;/q;;;;;;4*+2/p-8. The zero-order valence-electron chi connectivity index (χ0n) is 40.9. The molecule has 0 bridgehead atoms. The van der Waals surface area contributed by atoms with Crippen molar-refractivity contribution in [2.24, 2.45) is 20.0 Å². The largest absolute Gasteiger partial charge is 2.00 e. The Bertz CT molecular complexity index is 2590. The average Bonchev–Trinajstić information content (AvgIpc) is 4.20. The molecule has 32 nitrogen and oxygen atoms in total. The number of nitrogens with zero attached hydrogens (tertiary/aromatic N) is 8. The number of carbonyl (C=O) groups excluding carboxylic acids is 2. The zero-order chi connectivity index (χ0) is 58.8. The van der Waals surface area contributed by atoms with Gasteiger partial charge < -0.3 is 94.0 Å². The van der Waals surface area contributed by atoms with E-state index in [0.29, 0.717) is 59.5 Å². The van der Waals surface area contributed by atoms with E-state index in [2.05, 4.69) is 50.5 Å². The van der Waals surface area contributed by atoms with Crippen molar-refractivity contribution in [1.82, 2.24) is 30.6 Å². The number of aliphatic hydroxyl groups is 2. The Labute approximate surface area is 527 Å². The van der Waals surface area contributed by atoms with Crippen molar-refractivity contribution in [2.45, 2.75) is 12.8 Å². The quantitative estimate of drug-likeness (QED) is 0.0171. The summed E-state index contributed by atoms with van der Waals surface area (Å²) in [7, 11) is -9.89. The molecule has 6 aromatic rings. The number of nitrogens with two attached hydrogens (primary N) is 4. The summed E-state index contributed by atoms with van der Waals surface area (Å²) < 4.78 is 67.9. The van der Waals surface area contributed by atoms with Crippen LogP contribution in [-0.2, 0) is 68.3 Å². The molecule has 42 heteroatoms. The van der Waals surface area contributed by atoms with Gasteiger partial charge in [-0.1, -0.05) is 36.4 Å². The molecule has 82 heavy (non-hydrogen) atoms. The summed E-state index contributed by atoms with van der Waals surface area (Å²) >= 11 is 5.60. The number of carboxylic acid groups (broad SMARTS) is 2. The summed E-state index contributed by atoms with van der Waals surface area (Å²) in [5, 5.41) is 100. The minimum atomic E-state index is -4.94. The Balaban J connectivity index is -0.000000471. The van der Waals surface area contributed by atoms with E-state index in [1.807, 2.05) is 21.5 Å². The van der Waals surface area contributed by atoms with Crippen LogP contribution >= 0.6 is 45.3 Å². The van der Waals surface area contributed by atoms with Gasteiger partial charge in [-0.3, -0.25) is 9.98 Å². The van der Waals surface area contributed by atoms with E-state index >= 15 is 0 Å². The summed E-state index contributed by atoms with van der Waals surface area (Å²) in [4.78, 5) is 52.0. The van der Waals surface area contributed by atoms with E-state index in [0.717, 1.165) is 22.8 Å². The Hall–Kier alpha value is -4.84. The van der Waals surface area contributed by atoms with Gasteiger partial charge >= 0.3 is 68.3 Å². The van der Waals surface area contributed by atoms with E-state index in [1.165, 1.54) is 93.9 Å². The predicted octanol–water partition coefficient (Wildman–Crippen LogP) is -12.3. The van der Waals surface area contributed by atoms with Gasteiger partial charge in [0.2, 0.25) is 0 Å². The zero-order valence-corrected chi connectivity index (χ0v) is 49.5. The third-order valence-corrected chi connectivity index (χ3v) is 10.5. The van der Waals surface area contributed by atoms with Gasteiger partial charge in [-0.15, -0.1) is 65.8 Å². The average molecular weight is 1460 g/mol. The number of halogens is 2. The molecule has 0 saturated carbocycles. The van der Waals surface area contributed by atoms with Crippen LogP contribution in [0.25, 0.3) is 22.8 Å². The summed E-state index contributed by atoms with van der Waals surface area (Å²) in [6.45, 7) is 2.31. The normalized spacial score (nSPS) is 11.1. The van der Waals surface area contributed by atoms with Gasteiger partial charge in [-0.2, -0.15) is 0 Å². The van der Waals surface area contributed by atoms with Crippen molar-refractivity contribution in [3.05, 3.63) is 81.2 Å². The van der Waals surface area contributed by atoms with Gasteiger partial charge in [0.15, 0.2) is 20.5 Å². The number of aromatic nitrogens is 4. The fourth-order valence-electron chi connectivity index (χ4n) is 4.74. The van der Waals surface area contributed by atoms with Gasteiger partial charge in [0.25, 0.3) is 0 Å². The van der Waals surface area contributed by atoms with Crippen LogP contribution in [0.3, 0.4) is 0 Å². The summed E-state index contributed by atoms with van der Waals surface area (Å²) in [5.41, 5.74) is 24.3. The first-order chi connectivity index (χ1) is 36.6. The molecule has 4 heterocycles. The maximum atomic E-state index is 11.6. The van der Waals surface area contributed by atoms with Gasteiger partial charge in [0.1, 0.15) is 22.8 Å². The second-order valence-electron chi connectivity index (χ2n) is 13.5. The second kappa shape index (κ2) is 45.6. The molecule has 6 rings (SSSR count). The number of hydrogen-bond donors (Lipinski definition) is 8. The Morgan fingerprint density at radius 2 is 0.720 bits per heavy atom. The Morgan fingerprint density at radius 1 is 0.463 bits per heavy atom. The summed E-state index contributed by atoms with van der Waals surface area (Å²) in [5.74, 6) is -7.28. The van der Waals surface area contributed by atoms with E-state index in [1.54, 1.807) is 0 Å². The van der Waals surface area contributed by atoms with Crippen LogP contribution in [-0.4, -0.2) is 118 Å². The summed E-state index contributed by atoms with van der Waals surface area (Å²) in [6.07, 6.45) is 1.04. The third-order valence-electron chi connectivity index (χ3n) is 7.78. The predicted molar refractivity (Wildman–Crippen MR) is 254 cm³/mol. The van der Waals surface area contributed by atoms with Crippen LogP contribution in [0.15, 0.2) is 90.0 Å². The molecule has 0 aliphatic rings. The fourth-order valence-corrected chi connectivity index (χ4v) is 6.96. The number of nitrogens with one attached hydrogen (secondary N) is 2. The van der Waals surface area contributed by atoms with Crippen molar-refractivity contribution in [3.8, 4) is 22.8 Å². The molecule has 0 aliphatic carbocycles. The van der Waals surface area contributed by atoms with Gasteiger partial charge in [0.05, 0.1) is 36.5 Å². The first kappa shape index (κ1) is 83.6. The van der Waals surface area contributed by atoms with Crippen LogP contribution in [0.5, 0.6) is 0 Å². The maximum absolute atomic E-state index is 11.6. The molecular formula is C40H44Cl2Cu4N14O18S4. The number of nitrogen functional groups attached to an aromatic ring is 4. The van der Waals surface area contributed by atoms with E-state index < -0.39 is 56.0 Å². The number of thiazole rings is 4. The van der Waals surface area contributed by atoms with E-state index in [9.17, 15) is 40.2 Å². The van der Waals surface area contributed by atoms with Crippen LogP contribution in [0.2, 0.25) is 0 Å². The Kier molecular flexibility index (Phi) is 46.5. The number of aromatic carboxylic acids is 2. The smallest absolute Gasteiger partial charge is 0.858 e. The van der Waals surface area contributed by atoms with Crippen molar-refractivity contribution >= 4 is 113 Å². The van der Waals surface area contributed by atoms with Gasteiger partial charge in [-0.05, 0) is 61.7 Å². The minimum absolute atomic E-state index is 0. The van der Waals surface area contributed by atoms with Crippen LogP contribution in [0, 0.1) is 20.5 Å². The van der Waals surface area contributed by atoms with Crippen molar-refractivity contribution < 1.29 is 176 Å². The molecule has 464 valence electrons. The van der Waals surface area contributed by atoms with Gasteiger partial charge in [-0.25, -0.2) is 57.2 Å². The molecule has 4 radical (unpaired) electrons. The molecule has 0 spiro atoms. The van der Waals surface area contributed by atoms with Crippen LogP contribution < -0.4 is 101 Å². The SMILES string of the molecule is Nc1nc(-c2csc(N)n2)cs1.Nc1nc(-c2csc(N)n2)cs1.O=C([O-])c1ccccc1N=C([O-])C([O-])=NCCCNCCO.O=C([O-])c1ccccc1N=C([O-])C([O-])=NCCCNCCO.[Cu+2].[Cu+2].[Cu+2].[Cu+2].[O-][Cl+3]([O-])([O-])[O-].[O-][Cl+3]([O-])([O-])[O-]. The molecule has 0 aliphatic heterocycles. The van der Waals surface area contributed by atoms with Crippen molar-refractivity contribution in [3.63, 3.8) is 0 Å². The molecule has 2 aromatic carbocycles. The molecule has 4 aromatic heterocycles. The molecule has 12 N–H and O–H groups in total. The third kappa shape index (κ3) is 40.4. The molecule has 0 fully saturated rings. The van der Waals surface area contributed by atoms with Crippen molar-refractivity contribution in [1.29, 1.82) is 0 Å². The number of hydrogen-bond acceptors (Lipinski definition) is 36. The number of aliphatic hydroxyl groups excluding tert-OH is 2. The fraction of sp³-hybridized carbons (Fsp3) is 0.250. The minimum Gasteiger partial charge on any atom is -0.858 e. The van der Waals surface area contributed by atoms with Gasteiger partial charge in [0, 0.05) is 58.8 Å². The monoisotopic (exact) mass is 1460 g/mol. The Morgan fingerprint density at radius 3 is 0.939 bits per heavy atom. The molecule has 0 amide bonds. The number of anilines is 4. The number of para-hydroxylation sites is 2. The number of carbonyl (C=O) groups is 2.